The van der Waals surface area contributed by atoms with Crippen molar-refractivity contribution in [3.8, 4) is 0 Å². The molecule has 1 aliphatic heterocycles. The van der Waals surface area contributed by atoms with E-state index in [1.165, 1.54) is 5.56 Å². The minimum Gasteiger partial charge on any atom is -0.463 e. The number of ether oxygens (including phenoxy) is 1. The molecule has 1 amide bonds. The molecule has 0 spiro atoms. The van der Waals surface area contributed by atoms with E-state index in [0.29, 0.717) is 18.7 Å². The van der Waals surface area contributed by atoms with E-state index in [9.17, 15) is 4.79 Å². The Kier molecular flexibility index (Phi) is 4.01. The lowest BCUT2D eigenvalue weighted by Crippen LogP contribution is -2.29. The van der Waals surface area contributed by atoms with Gasteiger partial charge in [-0.15, -0.1) is 0 Å². The Morgan fingerprint density at radius 2 is 2.32 bits per heavy atom. The molecule has 0 unspecified atom stereocenters. The summed E-state index contributed by atoms with van der Waals surface area (Å²) in [6.07, 6.45) is 4.06. The van der Waals surface area contributed by atoms with Gasteiger partial charge in [0.1, 0.15) is 11.8 Å². The van der Waals surface area contributed by atoms with Gasteiger partial charge in [0.05, 0.1) is 29.5 Å². The molecule has 130 valence electrons. The van der Waals surface area contributed by atoms with Gasteiger partial charge in [0, 0.05) is 25.6 Å². The number of methoxy groups -OCH3 is 1. The number of benzene rings is 1. The van der Waals surface area contributed by atoms with Crippen molar-refractivity contribution >= 4 is 16.9 Å². The van der Waals surface area contributed by atoms with Crippen molar-refractivity contribution in [2.75, 3.05) is 20.2 Å². The predicted molar refractivity (Wildman–Crippen MR) is 91.4 cm³/mol. The van der Waals surface area contributed by atoms with E-state index >= 15 is 0 Å². The van der Waals surface area contributed by atoms with Crippen molar-refractivity contribution in [2.24, 2.45) is 0 Å². The van der Waals surface area contributed by atoms with Gasteiger partial charge in [-0.25, -0.2) is 0 Å². The van der Waals surface area contributed by atoms with Crippen LogP contribution in [0.5, 0.6) is 0 Å². The first kappa shape index (κ1) is 15.8. The average molecular weight is 340 g/mol. The fourth-order valence-electron chi connectivity index (χ4n) is 3.48. The van der Waals surface area contributed by atoms with Gasteiger partial charge in [0.15, 0.2) is 0 Å². The molecule has 3 heterocycles. The zero-order valence-electron chi connectivity index (χ0n) is 14.2. The van der Waals surface area contributed by atoms with Gasteiger partial charge < -0.3 is 14.1 Å². The monoisotopic (exact) mass is 340 g/mol. The first-order valence-electron chi connectivity index (χ1n) is 8.39. The van der Waals surface area contributed by atoms with E-state index in [1.807, 2.05) is 18.2 Å². The molecule has 1 aromatic carbocycles. The van der Waals surface area contributed by atoms with E-state index in [1.54, 1.807) is 24.5 Å². The van der Waals surface area contributed by atoms with E-state index in [0.717, 1.165) is 23.1 Å². The number of aromatic nitrogens is 3. The molecule has 0 radical (unpaired) electrons. The highest BCUT2D eigenvalue weighted by Crippen LogP contribution is 2.31. The molecular weight excluding hydrogens is 320 g/mol. The maximum absolute atomic E-state index is 13.1. The summed E-state index contributed by atoms with van der Waals surface area (Å²) < 4.78 is 11.1. The van der Waals surface area contributed by atoms with Crippen molar-refractivity contribution in [1.29, 1.82) is 0 Å². The highest BCUT2D eigenvalue weighted by atomic mass is 16.5. The molecule has 1 fully saturated rings. The number of furan rings is 1. The first-order chi connectivity index (χ1) is 12.2. The van der Waals surface area contributed by atoms with Crippen LogP contribution in [0.2, 0.25) is 0 Å². The summed E-state index contributed by atoms with van der Waals surface area (Å²) in [6, 6.07) is 5.98. The zero-order chi connectivity index (χ0) is 17.4. The molecule has 7 nitrogen and oxygen atoms in total. The summed E-state index contributed by atoms with van der Waals surface area (Å²) in [4.78, 5) is 14.9. The maximum atomic E-state index is 13.1. The molecule has 0 saturated carbocycles. The third kappa shape index (κ3) is 2.70. The Hall–Kier alpha value is -2.67. The summed E-state index contributed by atoms with van der Waals surface area (Å²) in [5, 5.41) is 11.5. The Bertz CT molecular complexity index is 887. The number of fused-ring (bicyclic) bond motifs is 1. The minimum absolute atomic E-state index is 0.0112. The lowest BCUT2D eigenvalue weighted by atomic mass is 10.0. The first-order valence-corrected chi connectivity index (χ1v) is 8.39. The Balaban J connectivity index is 1.63. The van der Waals surface area contributed by atoms with Crippen molar-refractivity contribution in [2.45, 2.75) is 25.4 Å². The summed E-state index contributed by atoms with van der Waals surface area (Å²) in [7, 11) is 1.66. The van der Waals surface area contributed by atoms with Crippen LogP contribution in [0.1, 0.15) is 34.5 Å². The van der Waals surface area contributed by atoms with E-state index in [4.69, 9.17) is 9.15 Å². The Labute approximate surface area is 144 Å². The van der Waals surface area contributed by atoms with Crippen LogP contribution in [0.4, 0.5) is 0 Å². The standard InChI is InChI=1S/C18H20N4O3/c1-3-11-4-5-16-12(6-11)14(10-25-16)18(23)22-8-13(17(9-22)24-2)15-7-19-21-20-15/h4-7,10,13,17H,3,8-9H2,1-2H3,(H,19,20,21)/t13-,17+/m0/s1. The number of amides is 1. The van der Waals surface area contributed by atoms with Crippen LogP contribution in [0.3, 0.4) is 0 Å². The molecule has 3 aromatic rings. The molecule has 0 bridgehead atoms. The number of hydrogen-bond acceptors (Lipinski definition) is 5. The van der Waals surface area contributed by atoms with E-state index < -0.39 is 0 Å². The van der Waals surface area contributed by atoms with E-state index in [-0.39, 0.29) is 17.9 Å². The third-order valence-corrected chi connectivity index (χ3v) is 4.95. The summed E-state index contributed by atoms with van der Waals surface area (Å²) >= 11 is 0. The average Bonchev–Trinajstić information content (AvgIpc) is 3.38. The number of hydrogen-bond donors (Lipinski definition) is 1. The minimum atomic E-state index is -0.0987. The number of nitrogens with zero attached hydrogens (tertiary/aromatic N) is 3. The molecule has 1 saturated heterocycles. The number of H-pyrrole nitrogens is 1. The maximum Gasteiger partial charge on any atom is 0.257 e. The number of likely N-dealkylation sites (tertiary alicyclic amines) is 1. The van der Waals surface area contributed by atoms with Crippen LogP contribution in [0.15, 0.2) is 35.1 Å². The fraction of sp³-hybridized carbons (Fsp3) is 0.389. The zero-order valence-corrected chi connectivity index (χ0v) is 14.2. The Morgan fingerprint density at radius 3 is 3.04 bits per heavy atom. The number of rotatable bonds is 4. The SMILES string of the molecule is CCc1ccc2occ(C(=O)N3C[C@@H](OC)[C@H](c4cn[nH]n4)C3)c2c1. The Morgan fingerprint density at radius 1 is 1.44 bits per heavy atom. The highest BCUT2D eigenvalue weighted by Gasteiger charge is 2.38. The van der Waals surface area contributed by atoms with Crippen LogP contribution in [-0.2, 0) is 11.2 Å². The van der Waals surface area contributed by atoms with Gasteiger partial charge in [0.2, 0.25) is 0 Å². The van der Waals surface area contributed by atoms with Crippen molar-refractivity contribution in [3.63, 3.8) is 0 Å². The lowest BCUT2D eigenvalue weighted by Gasteiger charge is -2.15. The molecule has 2 atom stereocenters. The van der Waals surface area contributed by atoms with Crippen molar-refractivity contribution in [1.82, 2.24) is 20.3 Å². The fourth-order valence-corrected chi connectivity index (χ4v) is 3.48. The number of aromatic amines is 1. The van der Waals surface area contributed by atoms with E-state index in [2.05, 4.69) is 22.3 Å². The van der Waals surface area contributed by atoms with Crippen LogP contribution in [0, 0.1) is 0 Å². The van der Waals surface area contributed by atoms with Gasteiger partial charge in [-0.1, -0.05) is 13.0 Å². The number of nitrogens with one attached hydrogen (secondary N) is 1. The molecule has 1 aliphatic rings. The quantitative estimate of drug-likeness (QED) is 0.788. The predicted octanol–water partition coefficient (Wildman–Crippen LogP) is 2.37. The van der Waals surface area contributed by atoms with Crippen LogP contribution in [-0.4, -0.2) is 52.5 Å². The third-order valence-electron chi connectivity index (χ3n) is 4.95. The summed E-state index contributed by atoms with van der Waals surface area (Å²) in [5.41, 5.74) is 3.32. The van der Waals surface area contributed by atoms with Gasteiger partial charge in [0.25, 0.3) is 5.91 Å². The molecule has 25 heavy (non-hydrogen) atoms. The summed E-state index contributed by atoms with van der Waals surface area (Å²) in [6.45, 7) is 3.16. The molecule has 2 aromatic heterocycles. The van der Waals surface area contributed by atoms with Crippen LogP contribution >= 0.6 is 0 Å². The molecular formula is C18H20N4O3. The smallest absolute Gasteiger partial charge is 0.257 e. The summed E-state index contributed by atoms with van der Waals surface area (Å²) in [5.74, 6) is -0.0304. The highest BCUT2D eigenvalue weighted by molar-refractivity contribution is 6.06. The van der Waals surface area contributed by atoms with Crippen molar-refractivity contribution in [3.05, 3.63) is 47.5 Å². The normalized spacial score (nSPS) is 20.5. The lowest BCUT2D eigenvalue weighted by molar-refractivity contribution is 0.0715. The van der Waals surface area contributed by atoms with Crippen LogP contribution in [0.25, 0.3) is 11.0 Å². The molecule has 1 N–H and O–H groups in total. The number of aryl methyl sites for hydroxylation is 1. The molecule has 4 rings (SSSR count). The van der Waals surface area contributed by atoms with Gasteiger partial charge in [-0.05, 0) is 24.1 Å². The molecule has 0 aliphatic carbocycles. The van der Waals surface area contributed by atoms with Gasteiger partial charge >= 0.3 is 0 Å². The second-order valence-electron chi connectivity index (χ2n) is 6.32. The van der Waals surface area contributed by atoms with Gasteiger partial charge in [-0.2, -0.15) is 15.4 Å². The second kappa shape index (κ2) is 6.33. The largest absolute Gasteiger partial charge is 0.463 e. The van der Waals surface area contributed by atoms with Crippen LogP contribution < -0.4 is 0 Å². The number of carbonyl (C=O) groups excluding carboxylic acids is 1. The topological polar surface area (TPSA) is 84.3 Å². The molecule has 7 heteroatoms. The number of carbonyl (C=O) groups is 1. The van der Waals surface area contributed by atoms with Gasteiger partial charge in [-0.3, -0.25) is 4.79 Å². The van der Waals surface area contributed by atoms with Crippen molar-refractivity contribution < 1.29 is 13.9 Å². The second-order valence-corrected chi connectivity index (χ2v) is 6.32.